The molecule has 0 heterocycles. The zero-order valence-electron chi connectivity index (χ0n) is 19.7. The summed E-state index contributed by atoms with van der Waals surface area (Å²) >= 11 is 0. The van der Waals surface area contributed by atoms with Crippen LogP contribution in [0.15, 0.2) is 24.3 Å². The number of hydrogen-bond donors (Lipinski definition) is 1. The van der Waals surface area contributed by atoms with Crippen LogP contribution in [0.25, 0.3) is 0 Å². The molecule has 7 atom stereocenters. The quantitative estimate of drug-likeness (QED) is 0.362. The van der Waals surface area contributed by atoms with E-state index in [2.05, 4.69) is 27.0 Å². The van der Waals surface area contributed by atoms with Gasteiger partial charge in [-0.2, -0.15) is 0 Å². The number of Topliss-reactive ketones (excluding diaryl/α,β-unsaturated/α-hetero) is 1. The molecular formula is C27H40O4. The lowest BCUT2D eigenvalue weighted by atomic mass is 9.43. The van der Waals surface area contributed by atoms with Gasteiger partial charge in [0.15, 0.2) is 5.78 Å². The molecule has 0 amide bonds. The van der Waals surface area contributed by atoms with Crippen LogP contribution in [0.4, 0.5) is 0 Å². The van der Waals surface area contributed by atoms with Crippen LogP contribution in [0, 0.1) is 34.5 Å². The number of ether oxygens (including phenoxy) is 1. The summed E-state index contributed by atoms with van der Waals surface area (Å²) in [5.41, 5.74) is 0.830. The Morgan fingerprint density at radius 3 is 2.55 bits per heavy atom. The minimum atomic E-state index is -0.678. The van der Waals surface area contributed by atoms with Crippen LogP contribution in [-0.4, -0.2) is 29.1 Å². The molecule has 172 valence electrons. The Morgan fingerprint density at radius 1 is 1.13 bits per heavy atom. The third kappa shape index (κ3) is 3.27. The highest BCUT2D eigenvalue weighted by Crippen LogP contribution is 2.69. The third-order valence-electron chi connectivity index (χ3n) is 10.3. The topological polar surface area (TPSA) is 63.6 Å². The zero-order chi connectivity index (χ0) is 22.6. The number of ketones is 1. The number of allylic oxidation sites excluding steroid dienone is 2. The molecule has 4 nitrogen and oxygen atoms in total. The minimum absolute atomic E-state index is 0.0374. The molecule has 0 aliphatic heterocycles. The summed E-state index contributed by atoms with van der Waals surface area (Å²) < 4.78 is 5.26. The van der Waals surface area contributed by atoms with Gasteiger partial charge in [0.25, 0.3) is 0 Å². The van der Waals surface area contributed by atoms with Crippen LogP contribution in [0.5, 0.6) is 0 Å². The summed E-state index contributed by atoms with van der Waals surface area (Å²) in [6, 6.07) is 0. The number of fused-ring (bicyclic) bond motifs is 5. The van der Waals surface area contributed by atoms with Crippen molar-refractivity contribution in [3.05, 3.63) is 24.3 Å². The maximum atomic E-state index is 12.4. The number of rotatable bonds is 5. The molecular weight excluding hydrogens is 388 g/mol. The third-order valence-corrected chi connectivity index (χ3v) is 10.3. The first-order valence-electron chi connectivity index (χ1n) is 12.4. The average molecular weight is 429 g/mol. The van der Waals surface area contributed by atoms with Gasteiger partial charge < -0.3 is 9.84 Å². The lowest BCUT2D eigenvalue weighted by molar-refractivity contribution is -0.150. The monoisotopic (exact) mass is 428 g/mol. The van der Waals surface area contributed by atoms with E-state index in [0.717, 1.165) is 50.5 Å². The Kier molecular flexibility index (Phi) is 5.77. The number of carbonyl (C=O) groups excluding carboxylic acids is 2. The summed E-state index contributed by atoms with van der Waals surface area (Å²) in [5.74, 6) is 2.01. The number of aliphatic hydroxyl groups is 1. The molecule has 2 unspecified atom stereocenters. The Labute approximate surface area is 187 Å². The molecule has 4 heteroatoms. The average Bonchev–Trinajstić information content (AvgIpc) is 3.02. The van der Waals surface area contributed by atoms with Gasteiger partial charge in [-0.15, -0.1) is 0 Å². The van der Waals surface area contributed by atoms with E-state index in [-0.39, 0.29) is 22.6 Å². The van der Waals surface area contributed by atoms with Crippen molar-refractivity contribution in [2.45, 2.75) is 90.6 Å². The summed E-state index contributed by atoms with van der Waals surface area (Å²) in [6.07, 6.45) is 8.68. The number of hydrogen-bond acceptors (Lipinski definition) is 4. The van der Waals surface area contributed by atoms with Gasteiger partial charge in [0.05, 0.1) is 12.2 Å². The second-order valence-electron chi connectivity index (χ2n) is 11.2. The van der Waals surface area contributed by atoms with Crippen molar-refractivity contribution < 1.29 is 19.4 Å². The molecule has 31 heavy (non-hydrogen) atoms. The molecule has 4 saturated carbocycles. The van der Waals surface area contributed by atoms with Gasteiger partial charge in [-0.3, -0.25) is 9.59 Å². The predicted octanol–water partition coefficient (Wildman–Crippen LogP) is 5.39. The van der Waals surface area contributed by atoms with Gasteiger partial charge >= 0.3 is 5.97 Å². The van der Waals surface area contributed by atoms with Crippen molar-refractivity contribution in [2.75, 3.05) is 6.61 Å². The van der Waals surface area contributed by atoms with Crippen LogP contribution in [-0.2, 0) is 14.3 Å². The molecule has 4 aliphatic carbocycles. The van der Waals surface area contributed by atoms with Crippen LogP contribution in [0.3, 0.4) is 0 Å². The fourth-order valence-corrected chi connectivity index (χ4v) is 8.23. The first kappa shape index (κ1) is 22.8. The van der Waals surface area contributed by atoms with E-state index < -0.39 is 5.60 Å². The first-order valence-corrected chi connectivity index (χ1v) is 12.4. The van der Waals surface area contributed by atoms with E-state index in [4.69, 9.17) is 4.74 Å². The molecule has 4 aliphatic rings. The molecule has 0 aromatic rings. The molecule has 0 saturated heterocycles. The highest BCUT2D eigenvalue weighted by atomic mass is 16.5. The van der Waals surface area contributed by atoms with E-state index in [0.29, 0.717) is 55.1 Å². The van der Waals surface area contributed by atoms with Gasteiger partial charge in [-0.25, -0.2) is 0 Å². The maximum Gasteiger partial charge on any atom is 0.305 e. The SMILES string of the molecule is C=C1C(=C)[C@@]2(C)C(CC[C@@H]3[C@H]2CC[C@@]2(C)[C@H]3CCC2(O)CCCOC(=O)CC)CC1=O. The molecule has 1 N–H and O–H groups in total. The van der Waals surface area contributed by atoms with E-state index in [1.54, 1.807) is 6.92 Å². The number of esters is 1. The maximum absolute atomic E-state index is 12.4. The molecule has 0 radical (unpaired) electrons. The molecule has 4 rings (SSSR count). The largest absolute Gasteiger partial charge is 0.466 e. The van der Waals surface area contributed by atoms with Gasteiger partial charge in [0.2, 0.25) is 0 Å². The van der Waals surface area contributed by atoms with E-state index in [9.17, 15) is 14.7 Å². The van der Waals surface area contributed by atoms with Crippen LogP contribution >= 0.6 is 0 Å². The Morgan fingerprint density at radius 2 is 1.84 bits per heavy atom. The van der Waals surface area contributed by atoms with E-state index in [1.165, 1.54) is 0 Å². The molecule has 0 bridgehead atoms. The second-order valence-corrected chi connectivity index (χ2v) is 11.2. The lowest BCUT2D eigenvalue weighted by Crippen LogP contribution is -2.57. The van der Waals surface area contributed by atoms with Gasteiger partial charge in [-0.1, -0.05) is 33.9 Å². The molecule has 0 aromatic carbocycles. The first-order chi connectivity index (χ1) is 14.6. The van der Waals surface area contributed by atoms with Crippen molar-refractivity contribution in [1.29, 1.82) is 0 Å². The standard InChI is InChI=1S/C27H40O4/c1-6-24(29)31-15-7-12-27(30)14-11-21-20-9-8-19-16-23(28)17(2)18(3)26(19,5)22(20)10-13-25(21,27)4/h19-22,30H,2-3,6-16H2,1,4-5H3/t19?,20-,21-,22+,25-,26-,27?/m0/s1. The Balaban J connectivity index is 1.51. The Hall–Kier alpha value is -1.42. The summed E-state index contributed by atoms with van der Waals surface area (Å²) in [6.45, 7) is 15.3. The lowest BCUT2D eigenvalue weighted by Gasteiger charge is -2.61. The smallest absolute Gasteiger partial charge is 0.305 e. The molecule has 0 aromatic heterocycles. The fourth-order valence-electron chi connectivity index (χ4n) is 8.23. The summed E-state index contributed by atoms with van der Waals surface area (Å²) in [5, 5.41) is 11.8. The van der Waals surface area contributed by atoms with Crippen molar-refractivity contribution in [2.24, 2.45) is 34.5 Å². The van der Waals surface area contributed by atoms with E-state index in [1.807, 2.05) is 0 Å². The van der Waals surface area contributed by atoms with Gasteiger partial charge in [-0.05, 0) is 91.4 Å². The molecule has 4 fully saturated rings. The Bertz CT molecular complexity index is 799. The van der Waals surface area contributed by atoms with Gasteiger partial charge in [0.1, 0.15) is 0 Å². The predicted molar refractivity (Wildman–Crippen MR) is 121 cm³/mol. The van der Waals surface area contributed by atoms with Crippen molar-refractivity contribution >= 4 is 11.8 Å². The summed E-state index contributed by atoms with van der Waals surface area (Å²) in [7, 11) is 0. The van der Waals surface area contributed by atoms with Crippen molar-refractivity contribution in [1.82, 2.24) is 0 Å². The van der Waals surface area contributed by atoms with Crippen LogP contribution in [0.1, 0.15) is 85.0 Å². The van der Waals surface area contributed by atoms with Crippen molar-refractivity contribution in [3.63, 3.8) is 0 Å². The number of carbonyl (C=O) groups is 2. The second kappa shape index (κ2) is 7.86. The zero-order valence-corrected chi connectivity index (χ0v) is 19.7. The van der Waals surface area contributed by atoms with Crippen LogP contribution < -0.4 is 0 Å². The highest BCUT2D eigenvalue weighted by Gasteiger charge is 2.65. The summed E-state index contributed by atoms with van der Waals surface area (Å²) in [4.78, 5) is 23.9. The van der Waals surface area contributed by atoms with Gasteiger partial charge in [0, 0.05) is 18.4 Å². The fraction of sp³-hybridized carbons (Fsp3) is 0.778. The normalized spacial score (nSPS) is 44.5. The van der Waals surface area contributed by atoms with Crippen LogP contribution in [0.2, 0.25) is 0 Å². The molecule has 0 spiro atoms. The van der Waals surface area contributed by atoms with E-state index >= 15 is 0 Å². The minimum Gasteiger partial charge on any atom is -0.466 e. The van der Waals surface area contributed by atoms with Crippen molar-refractivity contribution in [3.8, 4) is 0 Å². The highest BCUT2D eigenvalue weighted by molar-refractivity contribution is 6.00.